The first-order valence-electron chi connectivity index (χ1n) is 11.6. The van der Waals surface area contributed by atoms with Gasteiger partial charge in [0.2, 0.25) is 18.1 Å². The molecule has 0 spiro atoms. The zero-order chi connectivity index (χ0) is 27.2. The molecule has 0 aliphatic rings. The number of nitrogens with zero attached hydrogens (tertiary/aromatic N) is 4. The standard InChI is InChI=1S/C17H19N3O3.C10H8IN3O/c1-3-21-15(22-4-2)11-10-14-16(18)17(20-12-19-14)23-13-8-6-5-7-9-13;11-9-8(12)10(14-6-13-9)15-7-4-2-1-3-5-7/h5-9,12,15H,3-4,18H2,1-2H3;1-6H,12H2. The predicted molar refractivity (Wildman–Crippen MR) is 153 cm³/mol. The number of benzene rings is 2. The van der Waals surface area contributed by atoms with Gasteiger partial charge >= 0.3 is 0 Å². The second-order valence-electron chi connectivity index (χ2n) is 7.17. The SMILES string of the molecule is CCOC(C#Cc1ncnc(Oc2ccccc2)c1N)OCC.Nc1c(I)ncnc1Oc1ccccc1. The molecular formula is C27H27IN6O4. The van der Waals surface area contributed by atoms with Crippen molar-refractivity contribution in [2.45, 2.75) is 20.1 Å². The second kappa shape index (κ2) is 15.3. The lowest BCUT2D eigenvalue weighted by Gasteiger charge is -2.10. The van der Waals surface area contributed by atoms with E-state index in [1.807, 2.05) is 97.1 Å². The molecule has 2 aromatic heterocycles. The summed E-state index contributed by atoms with van der Waals surface area (Å²) in [6.07, 6.45) is 2.17. The molecule has 38 heavy (non-hydrogen) atoms. The lowest BCUT2D eigenvalue weighted by molar-refractivity contribution is -0.0969. The number of hydrogen-bond donors (Lipinski definition) is 2. The molecule has 0 fully saturated rings. The molecule has 196 valence electrons. The van der Waals surface area contributed by atoms with E-state index < -0.39 is 6.29 Å². The van der Waals surface area contributed by atoms with Gasteiger partial charge in [0.1, 0.15) is 44.9 Å². The van der Waals surface area contributed by atoms with Gasteiger partial charge < -0.3 is 30.4 Å². The van der Waals surface area contributed by atoms with Crippen LogP contribution in [0.5, 0.6) is 23.3 Å². The Morgan fingerprint density at radius 2 is 1.24 bits per heavy atom. The lowest BCUT2D eigenvalue weighted by Crippen LogP contribution is -2.15. The molecule has 0 radical (unpaired) electrons. The van der Waals surface area contributed by atoms with Crippen LogP contribution in [0.25, 0.3) is 0 Å². The average Bonchev–Trinajstić information content (AvgIpc) is 2.93. The summed E-state index contributed by atoms with van der Waals surface area (Å²) in [5.74, 6) is 7.70. The molecule has 4 N–H and O–H groups in total. The molecule has 0 saturated carbocycles. The quantitative estimate of drug-likeness (QED) is 0.118. The van der Waals surface area contributed by atoms with Gasteiger partial charge in [0, 0.05) is 13.2 Å². The maximum absolute atomic E-state index is 6.03. The van der Waals surface area contributed by atoms with Gasteiger partial charge in [-0.25, -0.2) is 9.97 Å². The Morgan fingerprint density at radius 3 is 1.76 bits per heavy atom. The van der Waals surface area contributed by atoms with Crippen molar-refractivity contribution in [1.29, 1.82) is 0 Å². The van der Waals surface area contributed by atoms with Crippen LogP contribution in [0, 0.1) is 15.5 Å². The van der Waals surface area contributed by atoms with E-state index in [-0.39, 0.29) is 11.6 Å². The highest BCUT2D eigenvalue weighted by Gasteiger charge is 2.10. The Labute approximate surface area is 234 Å². The zero-order valence-electron chi connectivity index (χ0n) is 20.9. The van der Waals surface area contributed by atoms with Crippen LogP contribution < -0.4 is 20.9 Å². The molecule has 0 unspecified atom stereocenters. The van der Waals surface area contributed by atoms with Gasteiger partial charge in [-0.1, -0.05) is 36.4 Å². The Bertz CT molecular complexity index is 1340. The minimum atomic E-state index is -0.613. The molecule has 4 rings (SSSR count). The molecule has 0 bridgehead atoms. The zero-order valence-corrected chi connectivity index (χ0v) is 23.0. The third-order valence-corrected chi connectivity index (χ3v) is 5.37. The Balaban J connectivity index is 0.000000230. The smallest absolute Gasteiger partial charge is 0.247 e. The Hall–Kier alpha value is -3.99. The molecule has 0 amide bonds. The van der Waals surface area contributed by atoms with Gasteiger partial charge in [0.05, 0.1) is 0 Å². The number of anilines is 2. The van der Waals surface area contributed by atoms with Crippen molar-refractivity contribution < 1.29 is 18.9 Å². The fraction of sp³-hybridized carbons (Fsp3) is 0.185. The highest BCUT2D eigenvalue weighted by atomic mass is 127. The maximum Gasteiger partial charge on any atom is 0.247 e. The number of nitrogen functional groups attached to an aromatic ring is 2. The summed E-state index contributed by atoms with van der Waals surface area (Å²) < 4.78 is 22.6. The van der Waals surface area contributed by atoms with Crippen LogP contribution in [0.2, 0.25) is 0 Å². The van der Waals surface area contributed by atoms with Crippen molar-refractivity contribution in [3.05, 3.63) is 82.7 Å². The monoisotopic (exact) mass is 626 g/mol. The topological polar surface area (TPSA) is 141 Å². The van der Waals surface area contributed by atoms with Gasteiger partial charge in [-0.2, -0.15) is 9.97 Å². The maximum atomic E-state index is 6.03. The van der Waals surface area contributed by atoms with Crippen molar-refractivity contribution >= 4 is 34.0 Å². The molecule has 2 aromatic carbocycles. The van der Waals surface area contributed by atoms with E-state index in [1.165, 1.54) is 12.7 Å². The molecule has 0 atom stereocenters. The lowest BCUT2D eigenvalue weighted by atomic mass is 10.3. The molecule has 0 saturated heterocycles. The van der Waals surface area contributed by atoms with Gasteiger partial charge in [-0.3, -0.25) is 0 Å². The molecule has 0 aliphatic heterocycles. The fourth-order valence-corrected chi connectivity index (χ4v) is 3.12. The van der Waals surface area contributed by atoms with Crippen LogP contribution in [0.4, 0.5) is 11.4 Å². The van der Waals surface area contributed by atoms with Crippen molar-refractivity contribution in [2.75, 3.05) is 24.7 Å². The van der Waals surface area contributed by atoms with Crippen LogP contribution in [-0.2, 0) is 9.47 Å². The summed E-state index contributed by atoms with van der Waals surface area (Å²) in [4.78, 5) is 16.0. The van der Waals surface area contributed by atoms with E-state index in [0.717, 1.165) is 0 Å². The number of ether oxygens (including phenoxy) is 4. The van der Waals surface area contributed by atoms with E-state index in [9.17, 15) is 0 Å². The van der Waals surface area contributed by atoms with Crippen molar-refractivity contribution in [2.24, 2.45) is 0 Å². The van der Waals surface area contributed by atoms with E-state index in [2.05, 4.69) is 31.8 Å². The van der Waals surface area contributed by atoms with Crippen LogP contribution in [0.15, 0.2) is 73.3 Å². The summed E-state index contributed by atoms with van der Waals surface area (Å²) in [5.41, 5.74) is 12.9. The number of hydrogen-bond acceptors (Lipinski definition) is 10. The number of aromatic nitrogens is 4. The molecule has 0 aliphatic carbocycles. The number of para-hydroxylation sites is 2. The second-order valence-corrected chi connectivity index (χ2v) is 8.19. The molecule has 4 aromatic rings. The number of nitrogens with two attached hydrogens (primary N) is 2. The van der Waals surface area contributed by atoms with E-state index in [4.69, 9.17) is 30.4 Å². The number of halogens is 1. The largest absolute Gasteiger partial charge is 0.437 e. The van der Waals surface area contributed by atoms with Crippen molar-refractivity contribution in [3.8, 4) is 35.1 Å². The fourth-order valence-electron chi connectivity index (χ4n) is 2.76. The van der Waals surface area contributed by atoms with Gasteiger partial charge in [0.15, 0.2) is 0 Å². The van der Waals surface area contributed by atoms with E-state index >= 15 is 0 Å². The summed E-state index contributed by atoms with van der Waals surface area (Å²) in [7, 11) is 0. The molecular weight excluding hydrogens is 599 g/mol. The summed E-state index contributed by atoms with van der Waals surface area (Å²) in [6.45, 7) is 4.75. The summed E-state index contributed by atoms with van der Waals surface area (Å²) in [5, 5.41) is 0. The minimum Gasteiger partial charge on any atom is -0.437 e. The molecule has 2 heterocycles. The summed E-state index contributed by atoms with van der Waals surface area (Å²) in [6, 6.07) is 18.6. The third kappa shape index (κ3) is 8.84. The first kappa shape index (κ1) is 28.6. The van der Waals surface area contributed by atoms with Crippen LogP contribution in [0.1, 0.15) is 19.5 Å². The van der Waals surface area contributed by atoms with Gasteiger partial charge in [0.25, 0.3) is 0 Å². The Kier molecular flexibility index (Phi) is 11.5. The van der Waals surface area contributed by atoms with E-state index in [1.54, 1.807) is 0 Å². The highest BCUT2D eigenvalue weighted by Crippen LogP contribution is 2.27. The van der Waals surface area contributed by atoms with Crippen molar-refractivity contribution in [1.82, 2.24) is 19.9 Å². The first-order valence-corrected chi connectivity index (χ1v) is 12.7. The van der Waals surface area contributed by atoms with Crippen LogP contribution >= 0.6 is 22.6 Å². The number of rotatable bonds is 8. The van der Waals surface area contributed by atoms with E-state index in [0.29, 0.717) is 45.7 Å². The predicted octanol–water partition coefficient (Wildman–Crippen LogP) is 5.06. The van der Waals surface area contributed by atoms with Crippen LogP contribution in [-0.4, -0.2) is 39.4 Å². The minimum absolute atomic E-state index is 0.264. The third-order valence-electron chi connectivity index (χ3n) is 4.51. The normalized spacial score (nSPS) is 10.1. The average molecular weight is 626 g/mol. The van der Waals surface area contributed by atoms with Gasteiger partial charge in [-0.05, 0) is 72.5 Å². The Morgan fingerprint density at radius 1 is 0.737 bits per heavy atom. The molecule has 10 nitrogen and oxygen atoms in total. The first-order chi connectivity index (χ1) is 18.5. The van der Waals surface area contributed by atoms with Gasteiger partial charge in [-0.15, -0.1) is 0 Å². The highest BCUT2D eigenvalue weighted by molar-refractivity contribution is 14.1. The van der Waals surface area contributed by atoms with Crippen LogP contribution in [0.3, 0.4) is 0 Å². The summed E-state index contributed by atoms with van der Waals surface area (Å²) >= 11 is 2.04. The van der Waals surface area contributed by atoms with Crippen molar-refractivity contribution in [3.63, 3.8) is 0 Å². The molecule has 11 heteroatoms.